The van der Waals surface area contributed by atoms with Crippen molar-refractivity contribution in [2.24, 2.45) is 0 Å². The Morgan fingerprint density at radius 2 is 2.36 bits per heavy atom. The first kappa shape index (κ1) is 10.2. The molecule has 0 unspecified atom stereocenters. The number of hydrogen-bond donors (Lipinski definition) is 0. The summed E-state index contributed by atoms with van der Waals surface area (Å²) in [5, 5.41) is 0. The predicted molar refractivity (Wildman–Crippen MR) is 42.3 cm³/mol. The van der Waals surface area contributed by atoms with Crippen molar-refractivity contribution in [3.63, 3.8) is 0 Å². The van der Waals surface area contributed by atoms with Crippen LogP contribution in [0.4, 0.5) is 0 Å². The molecule has 0 amide bonds. The van der Waals surface area contributed by atoms with E-state index in [9.17, 15) is 4.79 Å². The molecular formula is C8H14O3. The summed E-state index contributed by atoms with van der Waals surface area (Å²) in [7, 11) is 1.38. The molecule has 0 aliphatic rings. The average molecular weight is 158 g/mol. The van der Waals surface area contributed by atoms with Crippen LogP contribution >= 0.6 is 0 Å². The second-order valence-electron chi connectivity index (χ2n) is 2.04. The van der Waals surface area contributed by atoms with Gasteiger partial charge in [-0.25, -0.2) is 0 Å². The zero-order chi connectivity index (χ0) is 8.53. The zero-order valence-corrected chi connectivity index (χ0v) is 6.84. The first-order valence-corrected chi connectivity index (χ1v) is 3.56. The van der Waals surface area contributed by atoms with Gasteiger partial charge in [0.1, 0.15) is 0 Å². The lowest BCUT2D eigenvalue weighted by Gasteiger charge is -1.99. The lowest BCUT2D eigenvalue weighted by Crippen LogP contribution is -2.02. The SMILES string of the molecule is C=CCOCCCC(=O)OC. The van der Waals surface area contributed by atoms with Crippen molar-refractivity contribution in [3.05, 3.63) is 12.7 Å². The molecule has 11 heavy (non-hydrogen) atoms. The van der Waals surface area contributed by atoms with E-state index in [0.717, 1.165) is 0 Å². The zero-order valence-electron chi connectivity index (χ0n) is 6.84. The second kappa shape index (κ2) is 7.28. The number of rotatable bonds is 6. The Morgan fingerprint density at radius 3 is 2.91 bits per heavy atom. The highest BCUT2D eigenvalue weighted by Gasteiger charge is 1.97. The molecule has 0 atom stereocenters. The molecule has 0 aromatic carbocycles. The van der Waals surface area contributed by atoms with Crippen LogP contribution in [0.3, 0.4) is 0 Å². The van der Waals surface area contributed by atoms with Crippen molar-refractivity contribution in [2.45, 2.75) is 12.8 Å². The van der Waals surface area contributed by atoms with E-state index < -0.39 is 0 Å². The Kier molecular flexibility index (Phi) is 6.73. The topological polar surface area (TPSA) is 35.5 Å². The summed E-state index contributed by atoms with van der Waals surface area (Å²) in [6.45, 7) is 4.62. The van der Waals surface area contributed by atoms with Crippen LogP contribution in [0.5, 0.6) is 0 Å². The van der Waals surface area contributed by atoms with Gasteiger partial charge in [-0.1, -0.05) is 6.08 Å². The Balaban J connectivity index is 3.01. The van der Waals surface area contributed by atoms with E-state index in [1.807, 2.05) is 0 Å². The van der Waals surface area contributed by atoms with E-state index in [4.69, 9.17) is 4.74 Å². The maximum Gasteiger partial charge on any atom is 0.305 e. The van der Waals surface area contributed by atoms with E-state index in [2.05, 4.69) is 11.3 Å². The molecule has 3 heteroatoms. The molecule has 0 aromatic heterocycles. The highest BCUT2D eigenvalue weighted by Crippen LogP contribution is 1.92. The first-order chi connectivity index (χ1) is 5.31. The lowest BCUT2D eigenvalue weighted by atomic mass is 10.3. The number of carbonyl (C=O) groups is 1. The molecule has 0 radical (unpaired) electrons. The third-order valence-corrected chi connectivity index (χ3v) is 1.13. The van der Waals surface area contributed by atoms with E-state index >= 15 is 0 Å². The molecule has 0 aliphatic heterocycles. The normalized spacial score (nSPS) is 9.18. The van der Waals surface area contributed by atoms with Gasteiger partial charge >= 0.3 is 5.97 Å². The smallest absolute Gasteiger partial charge is 0.305 e. The largest absolute Gasteiger partial charge is 0.469 e. The summed E-state index contributed by atoms with van der Waals surface area (Å²) in [5.74, 6) is -0.188. The molecule has 0 aromatic rings. The summed E-state index contributed by atoms with van der Waals surface area (Å²) in [6, 6.07) is 0. The van der Waals surface area contributed by atoms with Crippen LogP contribution in [-0.4, -0.2) is 26.3 Å². The number of ether oxygens (including phenoxy) is 2. The van der Waals surface area contributed by atoms with Crippen LogP contribution in [0.2, 0.25) is 0 Å². The quantitative estimate of drug-likeness (QED) is 0.330. The first-order valence-electron chi connectivity index (χ1n) is 3.56. The van der Waals surface area contributed by atoms with Gasteiger partial charge in [0, 0.05) is 13.0 Å². The van der Waals surface area contributed by atoms with Crippen molar-refractivity contribution in [1.29, 1.82) is 0 Å². The molecule has 0 heterocycles. The highest BCUT2D eigenvalue weighted by atomic mass is 16.5. The van der Waals surface area contributed by atoms with Gasteiger partial charge < -0.3 is 9.47 Å². The highest BCUT2D eigenvalue weighted by molar-refractivity contribution is 5.68. The van der Waals surface area contributed by atoms with Crippen LogP contribution in [0.25, 0.3) is 0 Å². The van der Waals surface area contributed by atoms with Gasteiger partial charge in [-0.05, 0) is 6.42 Å². The van der Waals surface area contributed by atoms with E-state index in [1.54, 1.807) is 6.08 Å². The van der Waals surface area contributed by atoms with Crippen LogP contribution in [0, 0.1) is 0 Å². The maximum atomic E-state index is 10.5. The van der Waals surface area contributed by atoms with E-state index in [-0.39, 0.29) is 5.97 Å². The minimum absolute atomic E-state index is 0.188. The summed E-state index contributed by atoms with van der Waals surface area (Å²) in [4.78, 5) is 10.5. The molecule has 64 valence electrons. The van der Waals surface area contributed by atoms with Crippen LogP contribution < -0.4 is 0 Å². The number of esters is 1. The summed E-state index contributed by atoms with van der Waals surface area (Å²) >= 11 is 0. The van der Waals surface area contributed by atoms with Gasteiger partial charge in [0.15, 0.2) is 0 Å². The summed E-state index contributed by atoms with van der Waals surface area (Å²) in [5.41, 5.74) is 0. The standard InChI is InChI=1S/C8H14O3/c1-3-6-11-7-4-5-8(9)10-2/h3H,1,4-7H2,2H3. The fourth-order valence-electron chi connectivity index (χ4n) is 0.587. The van der Waals surface area contributed by atoms with Gasteiger partial charge in [-0.3, -0.25) is 4.79 Å². The number of carbonyl (C=O) groups excluding carboxylic acids is 1. The average Bonchev–Trinajstić information content (AvgIpc) is 2.04. The molecule has 0 saturated heterocycles. The minimum atomic E-state index is -0.188. The van der Waals surface area contributed by atoms with Crippen molar-refractivity contribution in [2.75, 3.05) is 20.3 Å². The fourth-order valence-corrected chi connectivity index (χ4v) is 0.587. The van der Waals surface area contributed by atoms with Crippen LogP contribution in [-0.2, 0) is 14.3 Å². The van der Waals surface area contributed by atoms with Crippen molar-refractivity contribution in [3.8, 4) is 0 Å². The maximum absolute atomic E-state index is 10.5. The number of methoxy groups -OCH3 is 1. The van der Waals surface area contributed by atoms with E-state index in [1.165, 1.54) is 7.11 Å². The Morgan fingerprint density at radius 1 is 1.64 bits per heavy atom. The lowest BCUT2D eigenvalue weighted by molar-refractivity contribution is -0.140. The van der Waals surface area contributed by atoms with Crippen molar-refractivity contribution >= 4 is 5.97 Å². The molecule has 3 nitrogen and oxygen atoms in total. The minimum Gasteiger partial charge on any atom is -0.469 e. The van der Waals surface area contributed by atoms with Crippen molar-refractivity contribution in [1.82, 2.24) is 0 Å². The molecule has 0 aliphatic carbocycles. The van der Waals surface area contributed by atoms with Gasteiger partial charge in [-0.2, -0.15) is 0 Å². The van der Waals surface area contributed by atoms with Gasteiger partial charge in [-0.15, -0.1) is 6.58 Å². The van der Waals surface area contributed by atoms with Crippen molar-refractivity contribution < 1.29 is 14.3 Å². The summed E-state index contributed by atoms with van der Waals surface area (Å²) < 4.78 is 9.49. The molecular weight excluding hydrogens is 144 g/mol. The monoisotopic (exact) mass is 158 g/mol. The third kappa shape index (κ3) is 7.06. The third-order valence-electron chi connectivity index (χ3n) is 1.13. The van der Waals surface area contributed by atoms with Gasteiger partial charge in [0.25, 0.3) is 0 Å². The van der Waals surface area contributed by atoms with Crippen LogP contribution in [0.15, 0.2) is 12.7 Å². The molecule has 0 N–H and O–H groups in total. The fraction of sp³-hybridized carbons (Fsp3) is 0.625. The van der Waals surface area contributed by atoms with E-state index in [0.29, 0.717) is 26.1 Å². The Bertz CT molecular complexity index is 121. The predicted octanol–water partition coefficient (Wildman–Crippen LogP) is 1.14. The summed E-state index contributed by atoms with van der Waals surface area (Å²) in [6.07, 6.45) is 2.81. The van der Waals surface area contributed by atoms with Crippen LogP contribution in [0.1, 0.15) is 12.8 Å². The molecule has 0 fully saturated rings. The number of hydrogen-bond acceptors (Lipinski definition) is 3. The Hall–Kier alpha value is -0.830. The molecule has 0 saturated carbocycles. The molecule has 0 bridgehead atoms. The molecule has 0 spiro atoms. The van der Waals surface area contributed by atoms with Gasteiger partial charge in [0.05, 0.1) is 13.7 Å². The molecule has 0 rings (SSSR count). The second-order valence-corrected chi connectivity index (χ2v) is 2.04. The van der Waals surface area contributed by atoms with Gasteiger partial charge in [0.2, 0.25) is 0 Å². The Labute approximate surface area is 67.0 Å².